The number of ether oxygens (including phenoxy) is 1. The quantitative estimate of drug-likeness (QED) is 0.530. The lowest BCUT2D eigenvalue weighted by Crippen LogP contribution is -2.25. The molecule has 2 aliphatic carbocycles. The predicted octanol–water partition coefficient (Wildman–Crippen LogP) is 6.74. The second-order valence-electron chi connectivity index (χ2n) is 8.24. The van der Waals surface area contributed by atoms with E-state index in [-0.39, 0.29) is 11.3 Å². The van der Waals surface area contributed by atoms with Gasteiger partial charge in [-0.1, -0.05) is 38.0 Å². The molecule has 1 nitrogen and oxygen atoms in total. The van der Waals surface area contributed by atoms with Crippen molar-refractivity contribution in [3.63, 3.8) is 0 Å². The minimum Gasteiger partial charge on any atom is -0.491 e. The van der Waals surface area contributed by atoms with Gasteiger partial charge in [-0.3, -0.25) is 0 Å². The zero-order chi connectivity index (χ0) is 19.2. The maximum Gasteiger partial charge on any atom is 0.201 e. The molecule has 3 rings (SSSR count). The minimum atomic E-state index is -0.935. The molecule has 2 aliphatic rings. The molecular weight excluding hydrogens is 342 g/mol. The Kier molecular flexibility index (Phi) is 7.16. The van der Waals surface area contributed by atoms with Gasteiger partial charge in [0, 0.05) is 5.92 Å². The Bertz CT molecular complexity index is 672. The van der Waals surface area contributed by atoms with Crippen molar-refractivity contribution in [3.8, 4) is 17.6 Å². The Morgan fingerprint density at radius 3 is 2.11 bits per heavy atom. The Labute approximate surface area is 162 Å². The van der Waals surface area contributed by atoms with Crippen LogP contribution in [0.2, 0.25) is 0 Å². The van der Waals surface area contributed by atoms with E-state index in [4.69, 9.17) is 4.74 Å². The van der Waals surface area contributed by atoms with Crippen molar-refractivity contribution in [2.24, 2.45) is 23.7 Å². The molecule has 148 valence electrons. The van der Waals surface area contributed by atoms with Crippen LogP contribution in [0.25, 0.3) is 0 Å². The van der Waals surface area contributed by atoms with Gasteiger partial charge in [0.05, 0.1) is 12.2 Å². The van der Waals surface area contributed by atoms with Crippen molar-refractivity contribution in [1.82, 2.24) is 0 Å². The summed E-state index contributed by atoms with van der Waals surface area (Å²) in [6, 6.07) is 2.99. The minimum absolute atomic E-state index is 0.0427. The van der Waals surface area contributed by atoms with Crippen LogP contribution in [0.1, 0.15) is 77.2 Å². The first-order chi connectivity index (χ1) is 13.1. The molecule has 0 atom stereocenters. The van der Waals surface area contributed by atoms with E-state index >= 15 is 0 Å². The first-order valence-corrected chi connectivity index (χ1v) is 10.7. The van der Waals surface area contributed by atoms with Gasteiger partial charge < -0.3 is 4.74 Å². The topological polar surface area (TPSA) is 9.23 Å². The van der Waals surface area contributed by atoms with Crippen LogP contribution >= 0.6 is 0 Å². The van der Waals surface area contributed by atoms with E-state index in [1.165, 1.54) is 57.1 Å². The van der Waals surface area contributed by atoms with Crippen molar-refractivity contribution < 1.29 is 13.5 Å². The summed E-state index contributed by atoms with van der Waals surface area (Å²) in [6.45, 7) is 4.37. The van der Waals surface area contributed by atoms with Crippen LogP contribution in [0.15, 0.2) is 12.1 Å². The summed E-state index contributed by atoms with van der Waals surface area (Å²) in [5, 5.41) is 0. The van der Waals surface area contributed by atoms with E-state index in [1.807, 2.05) is 0 Å². The van der Waals surface area contributed by atoms with Crippen LogP contribution in [0.4, 0.5) is 8.78 Å². The second-order valence-corrected chi connectivity index (χ2v) is 8.24. The maximum absolute atomic E-state index is 14.1. The van der Waals surface area contributed by atoms with E-state index in [0.717, 1.165) is 30.6 Å². The molecule has 0 spiro atoms. The van der Waals surface area contributed by atoms with Crippen LogP contribution in [-0.4, -0.2) is 6.61 Å². The van der Waals surface area contributed by atoms with Crippen LogP contribution in [0.5, 0.6) is 5.75 Å². The third-order valence-electron chi connectivity index (χ3n) is 6.66. The highest BCUT2D eigenvalue weighted by molar-refractivity contribution is 5.41. The van der Waals surface area contributed by atoms with Gasteiger partial charge in [-0.25, -0.2) is 4.39 Å². The molecule has 0 aromatic heterocycles. The van der Waals surface area contributed by atoms with Crippen molar-refractivity contribution in [3.05, 3.63) is 29.3 Å². The predicted molar refractivity (Wildman–Crippen MR) is 106 cm³/mol. The van der Waals surface area contributed by atoms with E-state index in [2.05, 4.69) is 18.8 Å². The number of rotatable bonds is 4. The highest BCUT2D eigenvalue weighted by atomic mass is 19.2. The Balaban J connectivity index is 1.54. The largest absolute Gasteiger partial charge is 0.491 e. The second kappa shape index (κ2) is 9.58. The molecule has 0 bridgehead atoms. The van der Waals surface area contributed by atoms with Gasteiger partial charge in [0.15, 0.2) is 11.6 Å². The van der Waals surface area contributed by atoms with Gasteiger partial charge in [-0.15, -0.1) is 0 Å². The van der Waals surface area contributed by atoms with Gasteiger partial charge in [-0.05, 0) is 75.3 Å². The van der Waals surface area contributed by atoms with E-state index < -0.39 is 11.6 Å². The average molecular weight is 375 g/mol. The highest BCUT2D eigenvalue weighted by Crippen LogP contribution is 2.41. The van der Waals surface area contributed by atoms with E-state index in [9.17, 15) is 8.78 Å². The average Bonchev–Trinajstić information content (AvgIpc) is 2.71. The fraction of sp³-hybridized carbons (Fsp3) is 0.667. The summed E-state index contributed by atoms with van der Waals surface area (Å²) < 4.78 is 33.2. The number of hydrogen-bond acceptors (Lipinski definition) is 1. The molecule has 1 aromatic rings. The van der Waals surface area contributed by atoms with E-state index in [0.29, 0.717) is 12.5 Å². The van der Waals surface area contributed by atoms with Crippen LogP contribution in [0.3, 0.4) is 0 Å². The van der Waals surface area contributed by atoms with E-state index in [1.54, 1.807) is 6.92 Å². The van der Waals surface area contributed by atoms with Gasteiger partial charge >= 0.3 is 0 Å². The monoisotopic (exact) mass is 374 g/mol. The fourth-order valence-electron chi connectivity index (χ4n) is 4.88. The van der Waals surface area contributed by atoms with Crippen molar-refractivity contribution in [1.29, 1.82) is 0 Å². The zero-order valence-electron chi connectivity index (χ0n) is 16.7. The zero-order valence-corrected chi connectivity index (χ0v) is 16.7. The smallest absolute Gasteiger partial charge is 0.201 e. The maximum atomic E-state index is 14.1. The third-order valence-corrected chi connectivity index (χ3v) is 6.66. The molecule has 0 heterocycles. The Morgan fingerprint density at radius 1 is 0.889 bits per heavy atom. The van der Waals surface area contributed by atoms with Crippen molar-refractivity contribution in [2.45, 2.75) is 71.6 Å². The molecule has 2 saturated carbocycles. The van der Waals surface area contributed by atoms with Gasteiger partial charge in [0.1, 0.15) is 0 Å². The fourth-order valence-corrected chi connectivity index (χ4v) is 4.88. The molecule has 0 N–H and O–H groups in total. The molecule has 0 unspecified atom stereocenters. The number of benzene rings is 1. The summed E-state index contributed by atoms with van der Waals surface area (Å²) in [4.78, 5) is 0. The summed E-state index contributed by atoms with van der Waals surface area (Å²) in [5.74, 6) is 7.22. The molecular formula is C24H32F2O. The summed E-state index contributed by atoms with van der Waals surface area (Å²) >= 11 is 0. The molecule has 27 heavy (non-hydrogen) atoms. The molecule has 2 fully saturated rings. The summed E-state index contributed by atoms with van der Waals surface area (Å²) in [5.41, 5.74) is 0.135. The summed E-state index contributed by atoms with van der Waals surface area (Å²) in [6.07, 6.45) is 11.6. The standard InChI is InChI=1S/C24H32F2O/c1-3-17-5-10-19(11-6-17)20-12-7-18(8-13-20)9-14-21-15-16-22(27-4-2)24(26)23(21)25/h15-20H,3-8,10-13H2,1-2H3/t17-,18?,19-,20?. The molecule has 1 aromatic carbocycles. The van der Waals surface area contributed by atoms with Gasteiger partial charge in [0.2, 0.25) is 5.82 Å². The van der Waals surface area contributed by atoms with Crippen LogP contribution in [-0.2, 0) is 0 Å². The first kappa shape index (κ1) is 20.2. The molecule has 3 heteroatoms. The van der Waals surface area contributed by atoms with Gasteiger partial charge in [0.25, 0.3) is 0 Å². The Hall–Kier alpha value is -1.56. The number of halogens is 2. The van der Waals surface area contributed by atoms with Crippen LogP contribution < -0.4 is 4.74 Å². The molecule has 0 saturated heterocycles. The van der Waals surface area contributed by atoms with Gasteiger partial charge in [-0.2, -0.15) is 4.39 Å². The Morgan fingerprint density at radius 2 is 1.52 bits per heavy atom. The normalized spacial score (nSPS) is 28.3. The third kappa shape index (κ3) is 5.03. The first-order valence-electron chi connectivity index (χ1n) is 10.7. The highest BCUT2D eigenvalue weighted by Gasteiger charge is 2.30. The molecule has 0 amide bonds. The number of hydrogen-bond donors (Lipinski definition) is 0. The van der Waals surface area contributed by atoms with Crippen molar-refractivity contribution in [2.75, 3.05) is 6.61 Å². The lowest BCUT2D eigenvalue weighted by atomic mass is 9.69. The molecule has 0 aliphatic heterocycles. The van der Waals surface area contributed by atoms with Crippen molar-refractivity contribution >= 4 is 0 Å². The lowest BCUT2D eigenvalue weighted by molar-refractivity contribution is 0.156. The van der Waals surface area contributed by atoms with Crippen LogP contribution in [0, 0.1) is 47.1 Å². The molecule has 0 radical (unpaired) electrons. The lowest BCUT2D eigenvalue weighted by Gasteiger charge is -2.36. The summed E-state index contributed by atoms with van der Waals surface area (Å²) in [7, 11) is 0. The SMILES string of the molecule is CCOc1ccc(C#CC2CCC([C@H]3CC[C@H](CC)CC3)CC2)c(F)c1F.